The summed E-state index contributed by atoms with van der Waals surface area (Å²) in [6.07, 6.45) is 5.67. The molecular weight excluding hydrogens is 427 g/mol. The number of nitrogens with two attached hydrogens (primary N) is 1. The van der Waals surface area contributed by atoms with E-state index in [9.17, 15) is 9.18 Å². The van der Waals surface area contributed by atoms with Crippen molar-refractivity contribution < 1.29 is 9.18 Å². The van der Waals surface area contributed by atoms with Crippen molar-refractivity contribution in [2.45, 2.75) is 12.5 Å². The number of hydrogen-bond donors (Lipinski definition) is 3. The highest BCUT2D eigenvalue weighted by molar-refractivity contribution is 8.13. The Kier molecular flexibility index (Phi) is 6.48. The van der Waals surface area contributed by atoms with Gasteiger partial charge in [0.1, 0.15) is 5.82 Å². The first-order valence-electron chi connectivity index (χ1n) is 10.1. The van der Waals surface area contributed by atoms with E-state index in [1.54, 1.807) is 41.3 Å². The van der Waals surface area contributed by atoms with Crippen LogP contribution in [0, 0.1) is 11.2 Å². The fourth-order valence-electron chi connectivity index (χ4n) is 3.59. The second-order valence-electron chi connectivity index (χ2n) is 7.49. The Labute approximate surface area is 189 Å². The van der Waals surface area contributed by atoms with E-state index in [0.717, 1.165) is 6.42 Å². The summed E-state index contributed by atoms with van der Waals surface area (Å²) in [5.41, 5.74) is 8.60. The van der Waals surface area contributed by atoms with Crippen LogP contribution in [0.15, 0.2) is 54.9 Å². The number of amides is 1. The number of aromatic nitrogens is 2. The molecule has 1 amide bonds. The Morgan fingerprint density at radius 2 is 2.00 bits per heavy atom. The van der Waals surface area contributed by atoms with Crippen molar-refractivity contribution in [3.05, 3.63) is 71.8 Å². The number of halogens is 1. The molecule has 0 radical (unpaired) electrons. The first-order valence-corrected chi connectivity index (χ1v) is 11.3. The SMILES string of the molecule is CSC(=N)c1ccc(C(=O)N2CCC(N)C2)cc1Nc1ncc(-c2ccccc2F)cn1. The highest BCUT2D eigenvalue weighted by atomic mass is 32.2. The highest BCUT2D eigenvalue weighted by Crippen LogP contribution is 2.27. The predicted molar refractivity (Wildman–Crippen MR) is 126 cm³/mol. The van der Waals surface area contributed by atoms with Gasteiger partial charge in [-0.3, -0.25) is 10.2 Å². The van der Waals surface area contributed by atoms with Gasteiger partial charge in [-0.1, -0.05) is 18.2 Å². The Bertz CT molecular complexity index is 1150. The molecular formula is C23H23FN6OS. The topological polar surface area (TPSA) is 108 Å². The lowest BCUT2D eigenvalue weighted by Gasteiger charge is -2.18. The van der Waals surface area contributed by atoms with Gasteiger partial charge in [0.05, 0.1) is 10.7 Å². The fourth-order valence-corrected chi connectivity index (χ4v) is 3.99. The lowest BCUT2D eigenvalue weighted by atomic mass is 10.1. The number of benzene rings is 2. The smallest absolute Gasteiger partial charge is 0.253 e. The summed E-state index contributed by atoms with van der Waals surface area (Å²) in [5.74, 6) is -0.160. The van der Waals surface area contributed by atoms with Crippen LogP contribution in [-0.4, -0.2) is 51.2 Å². The van der Waals surface area contributed by atoms with Crippen LogP contribution in [0.1, 0.15) is 22.3 Å². The molecule has 1 saturated heterocycles. The van der Waals surface area contributed by atoms with Crippen LogP contribution in [0.25, 0.3) is 11.1 Å². The number of anilines is 2. The average Bonchev–Trinajstić information content (AvgIpc) is 3.25. The lowest BCUT2D eigenvalue weighted by Crippen LogP contribution is -2.31. The Morgan fingerprint density at radius 1 is 1.25 bits per heavy atom. The van der Waals surface area contributed by atoms with Gasteiger partial charge in [-0.25, -0.2) is 14.4 Å². The molecule has 164 valence electrons. The van der Waals surface area contributed by atoms with Crippen LogP contribution < -0.4 is 11.1 Å². The zero-order valence-corrected chi connectivity index (χ0v) is 18.3. The zero-order chi connectivity index (χ0) is 22.7. The summed E-state index contributed by atoms with van der Waals surface area (Å²) in [6.45, 7) is 1.16. The summed E-state index contributed by atoms with van der Waals surface area (Å²) < 4.78 is 14.0. The number of likely N-dealkylation sites (tertiary alicyclic amines) is 1. The van der Waals surface area contributed by atoms with Gasteiger partial charge in [-0.15, -0.1) is 11.8 Å². The molecule has 1 fully saturated rings. The van der Waals surface area contributed by atoms with Crippen molar-refractivity contribution in [3.63, 3.8) is 0 Å². The molecule has 4 rings (SSSR count). The summed E-state index contributed by atoms with van der Waals surface area (Å²) in [4.78, 5) is 23.2. The molecule has 1 atom stereocenters. The van der Waals surface area contributed by atoms with Gasteiger partial charge in [0.25, 0.3) is 5.91 Å². The van der Waals surface area contributed by atoms with Crippen LogP contribution in [-0.2, 0) is 0 Å². The quantitative estimate of drug-likeness (QED) is 0.402. The number of nitrogens with zero attached hydrogens (tertiary/aromatic N) is 3. The number of carbonyl (C=O) groups is 1. The third kappa shape index (κ3) is 4.63. The van der Waals surface area contributed by atoms with Gasteiger partial charge in [0.15, 0.2) is 0 Å². The molecule has 0 spiro atoms. The number of carbonyl (C=O) groups excluding carboxylic acids is 1. The third-order valence-corrected chi connectivity index (χ3v) is 5.94. The minimum atomic E-state index is -0.347. The second-order valence-corrected chi connectivity index (χ2v) is 8.31. The van der Waals surface area contributed by atoms with Crippen LogP contribution in [0.2, 0.25) is 0 Å². The molecule has 1 unspecified atom stereocenters. The monoisotopic (exact) mass is 450 g/mol. The van der Waals surface area contributed by atoms with E-state index < -0.39 is 0 Å². The molecule has 1 aliphatic heterocycles. The van der Waals surface area contributed by atoms with Crippen molar-refractivity contribution in [1.29, 1.82) is 5.41 Å². The largest absolute Gasteiger partial charge is 0.337 e. The van der Waals surface area contributed by atoms with E-state index in [4.69, 9.17) is 11.1 Å². The lowest BCUT2D eigenvalue weighted by molar-refractivity contribution is 0.0791. The van der Waals surface area contributed by atoms with E-state index in [1.165, 1.54) is 30.2 Å². The predicted octanol–water partition coefficient (Wildman–Crippen LogP) is 3.89. The number of nitrogens with one attached hydrogen (secondary N) is 2. The van der Waals surface area contributed by atoms with Crippen LogP contribution in [0.4, 0.5) is 16.0 Å². The molecule has 0 saturated carbocycles. The van der Waals surface area contributed by atoms with Gasteiger partial charge in [0.2, 0.25) is 5.95 Å². The number of rotatable bonds is 5. The van der Waals surface area contributed by atoms with Crippen molar-refractivity contribution >= 4 is 34.3 Å². The highest BCUT2D eigenvalue weighted by Gasteiger charge is 2.25. The fraction of sp³-hybridized carbons (Fsp3) is 0.217. The van der Waals surface area contributed by atoms with Crippen molar-refractivity contribution in [2.75, 3.05) is 24.7 Å². The van der Waals surface area contributed by atoms with Gasteiger partial charge < -0.3 is 16.0 Å². The van der Waals surface area contributed by atoms with E-state index >= 15 is 0 Å². The number of thioether (sulfide) groups is 1. The maximum absolute atomic E-state index is 14.0. The third-order valence-electron chi connectivity index (χ3n) is 5.31. The molecule has 1 aliphatic rings. The summed E-state index contributed by atoms with van der Waals surface area (Å²) >= 11 is 1.29. The van der Waals surface area contributed by atoms with Crippen molar-refractivity contribution in [1.82, 2.24) is 14.9 Å². The summed E-state index contributed by atoms with van der Waals surface area (Å²) in [7, 11) is 0. The molecule has 9 heteroatoms. The van der Waals surface area contributed by atoms with E-state index in [-0.39, 0.29) is 23.7 Å². The van der Waals surface area contributed by atoms with Gasteiger partial charge >= 0.3 is 0 Å². The maximum atomic E-state index is 14.0. The normalized spacial score (nSPS) is 15.6. The Balaban J connectivity index is 1.62. The van der Waals surface area contributed by atoms with Crippen LogP contribution in [0.3, 0.4) is 0 Å². The molecule has 2 aromatic carbocycles. The minimum absolute atomic E-state index is 0.00172. The molecule has 7 nitrogen and oxygen atoms in total. The maximum Gasteiger partial charge on any atom is 0.253 e. The average molecular weight is 451 g/mol. The van der Waals surface area contributed by atoms with Gasteiger partial charge in [0, 0.05) is 53.8 Å². The molecule has 32 heavy (non-hydrogen) atoms. The Hall–Kier alpha value is -3.30. The second kappa shape index (κ2) is 9.46. The van der Waals surface area contributed by atoms with Crippen molar-refractivity contribution in [3.8, 4) is 11.1 Å². The molecule has 0 bridgehead atoms. The molecule has 3 aromatic rings. The first kappa shape index (κ1) is 21.9. The number of hydrogen-bond acceptors (Lipinski definition) is 7. The first-order chi connectivity index (χ1) is 15.5. The molecule has 1 aromatic heterocycles. The molecule has 0 aliphatic carbocycles. The van der Waals surface area contributed by atoms with E-state index in [1.807, 2.05) is 6.26 Å². The molecule has 4 N–H and O–H groups in total. The van der Waals surface area contributed by atoms with Gasteiger partial charge in [-0.2, -0.15) is 0 Å². The zero-order valence-electron chi connectivity index (χ0n) is 17.5. The molecule has 2 heterocycles. The van der Waals surface area contributed by atoms with Crippen molar-refractivity contribution in [2.24, 2.45) is 5.73 Å². The Morgan fingerprint density at radius 3 is 2.66 bits per heavy atom. The summed E-state index contributed by atoms with van der Waals surface area (Å²) in [5, 5.41) is 11.7. The van der Waals surface area contributed by atoms with Gasteiger partial charge in [-0.05, 0) is 36.9 Å². The standard InChI is InChI=1S/C23H23FN6OS/c1-32-21(26)18-7-6-14(22(31)30-9-8-16(25)13-30)10-20(18)29-23-27-11-15(12-28-23)17-4-2-3-5-19(17)24/h2-7,10-12,16,26H,8-9,13,25H2,1H3,(H,27,28,29). The van der Waals surface area contributed by atoms with Crippen LogP contribution >= 0.6 is 11.8 Å². The van der Waals surface area contributed by atoms with E-state index in [2.05, 4.69) is 15.3 Å². The van der Waals surface area contributed by atoms with E-state index in [0.29, 0.717) is 46.1 Å². The van der Waals surface area contributed by atoms with Crippen LogP contribution in [0.5, 0.6) is 0 Å². The summed E-state index contributed by atoms with van der Waals surface area (Å²) in [6, 6.07) is 11.6. The minimum Gasteiger partial charge on any atom is -0.337 e.